The van der Waals surface area contributed by atoms with Crippen LogP contribution in [0.25, 0.3) is 6.08 Å². The predicted molar refractivity (Wildman–Crippen MR) is 155 cm³/mol. The van der Waals surface area contributed by atoms with Crippen molar-refractivity contribution in [2.75, 3.05) is 18.5 Å². The summed E-state index contributed by atoms with van der Waals surface area (Å²) in [5.74, 6) is -0.933. The van der Waals surface area contributed by atoms with Crippen LogP contribution in [0.1, 0.15) is 28.4 Å². The number of benzene rings is 3. The fourth-order valence-electron chi connectivity index (χ4n) is 3.47. The summed E-state index contributed by atoms with van der Waals surface area (Å²) in [5, 5.41) is 15.0. The van der Waals surface area contributed by atoms with Crippen molar-refractivity contribution in [1.82, 2.24) is 5.32 Å². The van der Waals surface area contributed by atoms with Crippen molar-refractivity contribution in [3.05, 3.63) is 86.7 Å². The molecule has 0 atom stereocenters. The van der Waals surface area contributed by atoms with Gasteiger partial charge in [0.25, 0.3) is 11.8 Å². The number of nitrogens with zero attached hydrogens (tertiary/aromatic N) is 1. The number of carboxylic acid groups (broad SMARTS) is 1. The van der Waals surface area contributed by atoms with Crippen molar-refractivity contribution in [2.24, 2.45) is 4.99 Å². The molecule has 0 bridgehead atoms. The number of halogens is 1. The van der Waals surface area contributed by atoms with E-state index in [-0.39, 0.29) is 24.0 Å². The van der Waals surface area contributed by atoms with E-state index in [1.165, 1.54) is 12.1 Å². The van der Waals surface area contributed by atoms with E-state index in [9.17, 15) is 19.5 Å². The lowest BCUT2D eigenvalue weighted by Gasteiger charge is -2.14. The molecular formula is C28H24BrN3O6S. The molecule has 1 aliphatic heterocycles. The second-order valence-corrected chi connectivity index (χ2v) is 10.2. The van der Waals surface area contributed by atoms with Crippen LogP contribution in [0.15, 0.2) is 75.0 Å². The molecule has 1 aliphatic rings. The van der Waals surface area contributed by atoms with Crippen LogP contribution in [0.5, 0.6) is 11.5 Å². The zero-order valence-corrected chi connectivity index (χ0v) is 23.4. The number of aromatic carboxylic acids is 1. The first-order valence-corrected chi connectivity index (χ1v) is 13.4. The Morgan fingerprint density at radius 3 is 2.56 bits per heavy atom. The summed E-state index contributed by atoms with van der Waals surface area (Å²) in [6.45, 7) is 3.94. The summed E-state index contributed by atoms with van der Waals surface area (Å²) in [6, 6.07) is 17.0. The number of carbonyl (C=O) groups excluding carboxylic acids is 2. The average Bonchev–Trinajstić information content (AvgIpc) is 3.24. The number of amides is 2. The van der Waals surface area contributed by atoms with Crippen molar-refractivity contribution < 1.29 is 29.0 Å². The fourth-order valence-corrected chi connectivity index (χ4v) is 4.74. The first-order valence-electron chi connectivity index (χ1n) is 11.8. The molecule has 0 aromatic heterocycles. The number of nitrogens with one attached hydrogen (secondary N) is 2. The molecule has 1 heterocycles. The van der Waals surface area contributed by atoms with Gasteiger partial charge < -0.3 is 25.2 Å². The van der Waals surface area contributed by atoms with E-state index in [1.807, 2.05) is 38.1 Å². The molecule has 3 aromatic rings. The van der Waals surface area contributed by atoms with E-state index in [0.29, 0.717) is 49.6 Å². The summed E-state index contributed by atoms with van der Waals surface area (Å²) in [7, 11) is 0. The predicted octanol–water partition coefficient (Wildman–Crippen LogP) is 5.76. The first kappa shape index (κ1) is 27.9. The molecule has 0 aliphatic carbocycles. The van der Waals surface area contributed by atoms with Crippen molar-refractivity contribution in [3.63, 3.8) is 0 Å². The summed E-state index contributed by atoms with van der Waals surface area (Å²) in [5.41, 5.74) is 2.93. The lowest BCUT2D eigenvalue weighted by atomic mass is 10.2. The highest BCUT2D eigenvalue weighted by atomic mass is 79.9. The third-order valence-corrected chi connectivity index (χ3v) is 6.91. The monoisotopic (exact) mass is 609 g/mol. The standard InChI is InChI=1S/C28H24BrN3O6S/c1-3-37-22-12-18(21(29)14-23(22)38-15-25(33)30-19-9-7-16(2)8-10-19)13-24-26(34)32-28(39-24)31-20-6-4-5-17(11-20)27(35)36/h4-14H,3,15H2,1-2H3,(H,30,33)(H,35,36)(H,31,32,34). The molecule has 1 saturated heterocycles. The molecule has 3 aromatic carbocycles. The molecule has 2 amide bonds. The minimum atomic E-state index is -1.06. The van der Waals surface area contributed by atoms with Crippen LogP contribution < -0.4 is 20.1 Å². The Bertz CT molecular complexity index is 1490. The highest BCUT2D eigenvalue weighted by Crippen LogP contribution is 2.37. The zero-order chi connectivity index (χ0) is 27.9. The molecule has 39 heavy (non-hydrogen) atoms. The van der Waals surface area contributed by atoms with Gasteiger partial charge in [-0.2, -0.15) is 0 Å². The van der Waals surface area contributed by atoms with Gasteiger partial charge in [0.05, 0.1) is 22.8 Å². The third kappa shape index (κ3) is 7.49. The number of amidine groups is 1. The molecule has 9 nitrogen and oxygen atoms in total. The number of aryl methyl sites for hydroxylation is 1. The van der Waals surface area contributed by atoms with E-state index in [2.05, 4.69) is 31.6 Å². The third-order valence-electron chi connectivity index (χ3n) is 5.32. The van der Waals surface area contributed by atoms with Crippen LogP contribution in [0.4, 0.5) is 11.4 Å². The minimum Gasteiger partial charge on any atom is -0.490 e. The van der Waals surface area contributed by atoms with Crippen LogP contribution in [-0.4, -0.2) is 41.3 Å². The van der Waals surface area contributed by atoms with Crippen LogP contribution in [0.3, 0.4) is 0 Å². The highest BCUT2D eigenvalue weighted by Gasteiger charge is 2.25. The van der Waals surface area contributed by atoms with Crippen LogP contribution in [-0.2, 0) is 9.59 Å². The number of anilines is 1. The second-order valence-electron chi connectivity index (χ2n) is 8.29. The molecular weight excluding hydrogens is 586 g/mol. The van der Waals surface area contributed by atoms with Gasteiger partial charge in [-0.3, -0.25) is 9.59 Å². The van der Waals surface area contributed by atoms with E-state index in [4.69, 9.17) is 9.47 Å². The largest absolute Gasteiger partial charge is 0.490 e. The van der Waals surface area contributed by atoms with Crippen molar-refractivity contribution >= 4 is 68.1 Å². The maximum atomic E-state index is 12.6. The van der Waals surface area contributed by atoms with Crippen LogP contribution in [0.2, 0.25) is 0 Å². The second kappa shape index (κ2) is 12.6. The summed E-state index contributed by atoms with van der Waals surface area (Å²) in [6.07, 6.45) is 1.68. The number of hydrogen-bond donors (Lipinski definition) is 3. The number of carboxylic acids is 1. The van der Waals surface area contributed by atoms with Gasteiger partial charge in [-0.15, -0.1) is 0 Å². The molecule has 11 heteroatoms. The first-order chi connectivity index (χ1) is 18.7. The molecule has 3 N–H and O–H groups in total. The molecule has 0 saturated carbocycles. The van der Waals surface area contributed by atoms with Crippen molar-refractivity contribution in [3.8, 4) is 11.5 Å². The van der Waals surface area contributed by atoms with Crippen molar-refractivity contribution in [1.29, 1.82) is 0 Å². The van der Waals surface area contributed by atoms with Crippen molar-refractivity contribution in [2.45, 2.75) is 13.8 Å². The maximum absolute atomic E-state index is 12.6. The molecule has 4 rings (SSSR count). The Balaban J connectivity index is 1.49. The highest BCUT2D eigenvalue weighted by molar-refractivity contribution is 9.10. The Labute approximate surface area is 237 Å². The van der Waals surface area contributed by atoms with E-state index in [0.717, 1.165) is 17.3 Å². The Kier molecular flexibility index (Phi) is 9.05. The lowest BCUT2D eigenvalue weighted by Crippen LogP contribution is -2.20. The number of hydrogen-bond acceptors (Lipinski definition) is 7. The SMILES string of the molecule is CCOc1cc(C=C2SC(=Nc3cccc(C(=O)O)c3)NC2=O)c(Br)cc1OCC(=O)Nc1ccc(C)cc1. The molecule has 200 valence electrons. The zero-order valence-electron chi connectivity index (χ0n) is 21.0. The average molecular weight is 610 g/mol. The lowest BCUT2D eigenvalue weighted by molar-refractivity contribution is -0.118. The quantitative estimate of drug-likeness (QED) is 0.263. The summed E-state index contributed by atoms with van der Waals surface area (Å²) >= 11 is 4.64. The minimum absolute atomic E-state index is 0.101. The van der Waals surface area contributed by atoms with Gasteiger partial charge in [0, 0.05) is 10.2 Å². The summed E-state index contributed by atoms with van der Waals surface area (Å²) < 4.78 is 12.1. The van der Waals surface area contributed by atoms with Gasteiger partial charge >= 0.3 is 5.97 Å². The number of carbonyl (C=O) groups is 3. The Hall–Kier alpha value is -4.09. The van der Waals surface area contributed by atoms with E-state index >= 15 is 0 Å². The fraction of sp³-hybridized carbons (Fsp3) is 0.143. The number of thioether (sulfide) groups is 1. The molecule has 0 spiro atoms. The normalized spacial score (nSPS) is 14.8. The molecule has 0 radical (unpaired) electrons. The molecule has 1 fully saturated rings. The van der Waals surface area contributed by atoms with E-state index in [1.54, 1.807) is 30.3 Å². The maximum Gasteiger partial charge on any atom is 0.335 e. The number of ether oxygens (including phenoxy) is 2. The van der Waals surface area contributed by atoms with Gasteiger partial charge in [-0.25, -0.2) is 9.79 Å². The van der Waals surface area contributed by atoms with Gasteiger partial charge in [0.15, 0.2) is 23.3 Å². The summed E-state index contributed by atoms with van der Waals surface area (Å²) in [4.78, 5) is 40.9. The van der Waals surface area contributed by atoms with Gasteiger partial charge in [0.1, 0.15) is 0 Å². The number of aliphatic imine (C=N–C) groups is 1. The number of rotatable bonds is 9. The van der Waals surface area contributed by atoms with E-state index < -0.39 is 5.97 Å². The molecule has 0 unspecified atom stereocenters. The van der Waals surface area contributed by atoms with Crippen LogP contribution >= 0.6 is 27.7 Å². The van der Waals surface area contributed by atoms with Gasteiger partial charge in [-0.05, 0) is 79.7 Å². The van der Waals surface area contributed by atoms with Gasteiger partial charge in [-0.1, -0.05) is 39.7 Å². The topological polar surface area (TPSA) is 126 Å². The smallest absolute Gasteiger partial charge is 0.335 e. The van der Waals surface area contributed by atoms with Crippen LogP contribution in [0, 0.1) is 6.92 Å². The Morgan fingerprint density at radius 2 is 1.85 bits per heavy atom. The van der Waals surface area contributed by atoms with Gasteiger partial charge in [0.2, 0.25) is 0 Å². The Morgan fingerprint density at radius 1 is 1.10 bits per heavy atom.